The Morgan fingerprint density at radius 3 is 2.22 bits per heavy atom. The van der Waals surface area contributed by atoms with Gasteiger partial charge in [-0.3, -0.25) is 9.52 Å². The number of carbonyl (C=O) groups is 1. The Bertz CT molecular complexity index is 1080. The second-order valence-corrected chi connectivity index (χ2v) is 7.26. The van der Waals surface area contributed by atoms with Gasteiger partial charge in [0.25, 0.3) is 15.9 Å². The van der Waals surface area contributed by atoms with Crippen molar-refractivity contribution in [2.24, 2.45) is 0 Å². The van der Waals surface area contributed by atoms with Gasteiger partial charge in [-0.05, 0) is 54.6 Å². The fourth-order valence-electron chi connectivity index (χ4n) is 2.31. The Morgan fingerprint density at radius 1 is 0.852 bits per heavy atom. The molecule has 0 spiro atoms. The number of benzene rings is 3. The maximum absolute atomic E-state index is 13.6. The standard InChI is InChI=1S/C19H14F2N2O3S/c20-14-4-3-5-15(12-14)23-27(25,26)16-10-8-13(9-11-16)19(24)22-18-7-2-1-6-17(18)21/h1-12,23H,(H,22,24). The highest BCUT2D eigenvalue weighted by atomic mass is 32.2. The molecular weight excluding hydrogens is 374 g/mol. The van der Waals surface area contributed by atoms with Crippen LogP contribution >= 0.6 is 0 Å². The van der Waals surface area contributed by atoms with E-state index in [2.05, 4.69) is 10.0 Å². The number of hydrogen-bond acceptors (Lipinski definition) is 3. The Hall–Kier alpha value is -3.26. The summed E-state index contributed by atoms with van der Waals surface area (Å²) in [5.74, 6) is -1.73. The Labute approximate surface area is 154 Å². The van der Waals surface area contributed by atoms with Gasteiger partial charge in [0.2, 0.25) is 0 Å². The summed E-state index contributed by atoms with van der Waals surface area (Å²) in [6, 6.07) is 15.8. The lowest BCUT2D eigenvalue weighted by Crippen LogP contribution is -2.15. The third-order valence-corrected chi connectivity index (χ3v) is 5.02. The van der Waals surface area contributed by atoms with E-state index in [9.17, 15) is 22.0 Å². The molecule has 0 unspecified atom stereocenters. The topological polar surface area (TPSA) is 75.3 Å². The van der Waals surface area contributed by atoms with Gasteiger partial charge in [0, 0.05) is 5.56 Å². The van der Waals surface area contributed by atoms with Crippen molar-refractivity contribution in [3.63, 3.8) is 0 Å². The molecule has 27 heavy (non-hydrogen) atoms. The van der Waals surface area contributed by atoms with Crippen LogP contribution in [0.2, 0.25) is 0 Å². The molecule has 0 radical (unpaired) electrons. The molecule has 0 aliphatic heterocycles. The smallest absolute Gasteiger partial charge is 0.261 e. The van der Waals surface area contributed by atoms with Crippen molar-refractivity contribution in [1.82, 2.24) is 0 Å². The molecule has 0 atom stereocenters. The van der Waals surface area contributed by atoms with Crippen LogP contribution in [0.1, 0.15) is 10.4 Å². The van der Waals surface area contributed by atoms with Crippen molar-refractivity contribution in [2.45, 2.75) is 4.90 Å². The van der Waals surface area contributed by atoms with E-state index in [1.165, 1.54) is 60.7 Å². The van der Waals surface area contributed by atoms with Gasteiger partial charge in [-0.25, -0.2) is 17.2 Å². The number of sulfonamides is 1. The monoisotopic (exact) mass is 388 g/mol. The number of hydrogen-bond donors (Lipinski definition) is 2. The van der Waals surface area contributed by atoms with Gasteiger partial charge in [-0.2, -0.15) is 0 Å². The number of halogens is 2. The average molecular weight is 388 g/mol. The van der Waals surface area contributed by atoms with Gasteiger partial charge in [0.1, 0.15) is 11.6 Å². The van der Waals surface area contributed by atoms with Gasteiger partial charge >= 0.3 is 0 Å². The molecule has 1 amide bonds. The van der Waals surface area contributed by atoms with E-state index in [4.69, 9.17) is 0 Å². The maximum Gasteiger partial charge on any atom is 0.261 e. The van der Waals surface area contributed by atoms with E-state index in [1.807, 2.05) is 0 Å². The Kier molecular flexibility index (Phi) is 5.18. The van der Waals surface area contributed by atoms with Crippen LogP contribution < -0.4 is 10.0 Å². The number of para-hydroxylation sites is 1. The highest BCUT2D eigenvalue weighted by Gasteiger charge is 2.16. The molecule has 0 bridgehead atoms. The van der Waals surface area contributed by atoms with E-state index in [1.54, 1.807) is 6.07 Å². The Balaban J connectivity index is 1.76. The van der Waals surface area contributed by atoms with Crippen LogP contribution in [-0.2, 0) is 10.0 Å². The lowest BCUT2D eigenvalue weighted by atomic mass is 10.2. The SMILES string of the molecule is O=C(Nc1ccccc1F)c1ccc(S(=O)(=O)Nc2cccc(F)c2)cc1. The summed E-state index contributed by atoms with van der Waals surface area (Å²) in [5.41, 5.74) is 0.256. The second kappa shape index (κ2) is 7.55. The largest absolute Gasteiger partial charge is 0.319 e. The lowest BCUT2D eigenvalue weighted by Gasteiger charge is -2.09. The first-order valence-electron chi connectivity index (χ1n) is 7.79. The van der Waals surface area contributed by atoms with Crippen LogP contribution in [0.4, 0.5) is 20.2 Å². The van der Waals surface area contributed by atoms with Crippen molar-refractivity contribution in [2.75, 3.05) is 10.0 Å². The van der Waals surface area contributed by atoms with Crippen molar-refractivity contribution < 1.29 is 22.0 Å². The lowest BCUT2D eigenvalue weighted by molar-refractivity contribution is 0.102. The molecule has 0 aliphatic rings. The fourth-order valence-corrected chi connectivity index (χ4v) is 3.36. The average Bonchev–Trinajstić information content (AvgIpc) is 2.63. The molecule has 2 N–H and O–H groups in total. The third kappa shape index (κ3) is 4.48. The number of amides is 1. The highest BCUT2D eigenvalue weighted by Crippen LogP contribution is 2.19. The maximum atomic E-state index is 13.6. The minimum absolute atomic E-state index is 0.0203. The zero-order valence-electron chi connectivity index (χ0n) is 13.8. The summed E-state index contributed by atoms with van der Waals surface area (Å²) in [5, 5.41) is 2.41. The summed E-state index contributed by atoms with van der Waals surface area (Å²) in [7, 11) is -3.95. The van der Waals surface area contributed by atoms with Crippen LogP contribution in [0, 0.1) is 11.6 Å². The van der Waals surface area contributed by atoms with Crippen molar-refractivity contribution >= 4 is 27.3 Å². The molecule has 0 saturated heterocycles. The summed E-state index contributed by atoms with van der Waals surface area (Å²) in [6.45, 7) is 0. The summed E-state index contributed by atoms with van der Waals surface area (Å²) in [6.07, 6.45) is 0. The van der Waals surface area contributed by atoms with Crippen LogP contribution in [0.5, 0.6) is 0 Å². The van der Waals surface area contributed by atoms with E-state index in [0.29, 0.717) is 0 Å². The molecule has 3 aromatic rings. The van der Waals surface area contributed by atoms with E-state index in [0.717, 1.165) is 6.07 Å². The molecule has 5 nitrogen and oxygen atoms in total. The highest BCUT2D eigenvalue weighted by molar-refractivity contribution is 7.92. The van der Waals surface area contributed by atoms with Gasteiger partial charge in [0.15, 0.2) is 0 Å². The summed E-state index contributed by atoms with van der Waals surface area (Å²) < 4.78 is 53.7. The molecule has 3 rings (SSSR count). The van der Waals surface area contributed by atoms with Crippen LogP contribution in [0.25, 0.3) is 0 Å². The normalized spacial score (nSPS) is 11.0. The number of carbonyl (C=O) groups excluding carboxylic acids is 1. The fraction of sp³-hybridized carbons (Fsp3) is 0. The third-order valence-electron chi connectivity index (χ3n) is 3.63. The summed E-state index contributed by atoms with van der Waals surface area (Å²) >= 11 is 0. The first kappa shape index (κ1) is 18.5. The van der Waals surface area contributed by atoms with Gasteiger partial charge in [-0.15, -0.1) is 0 Å². The van der Waals surface area contributed by atoms with Crippen molar-refractivity contribution in [3.05, 3.63) is 90.0 Å². The molecular formula is C19H14F2N2O3S. The number of anilines is 2. The van der Waals surface area contributed by atoms with Gasteiger partial charge in [0.05, 0.1) is 16.3 Å². The van der Waals surface area contributed by atoms with Crippen LogP contribution in [-0.4, -0.2) is 14.3 Å². The van der Waals surface area contributed by atoms with Gasteiger partial charge in [-0.1, -0.05) is 18.2 Å². The summed E-state index contributed by atoms with van der Waals surface area (Å²) in [4.78, 5) is 12.1. The molecule has 0 aromatic heterocycles. The second-order valence-electron chi connectivity index (χ2n) is 5.57. The van der Waals surface area contributed by atoms with Gasteiger partial charge < -0.3 is 5.32 Å². The minimum atomic E-state index is -3.95. The first-order chi connectivity index (χ1) is 12.8. The van der Waals surface area contributed by atoms with E-state index < -0.39 is 27.6 Å². The molecule has 0 fully saturated rings. The zero-order chi connectivity index (χ0) is 19.4. The van der Waals surface area contributed by atoms with Crippen LogP contribution in [0.15, 0.2) is 77.7 Å². The molecule has 3 aromatic carbocycles. The van der Waals surface area contributed by atoms with Crippen molar-refractivity contribution in [1.29, 1.82) is 0 Å². The minimum Gasteiger partial charge on any atom is -0.319 e. The van der Waals surface area contributed by atoms with Crippen LogP contribution in [0.3, 0.4) is 0 Å². The predicted octanol–water partition coefficient (Wildman–Crippen LogP) is 4.02. The Morgan fingerprint density at radius 2 is 1.56 bits per heavy atom. The van der Waals surface area contributed by atoms with E-state index >= 15 is 0 Å². The zero-order valence-corrected chi connectivity index (χ0v) is 14.6. The quantitative estimate of drug-likeness (QED) is 0.693. The molecule has 8 heteroatoms. The molecule has 0 saturated carbocycles. The first-order valence-corrected chi connectivity index (χ1v) is 9.28. The predicted molar refractivity (Wildman–Crippen MR) is 98.0 cm³/mol. The molecule has 138 valence electrons. The van der Waals surface area contributed by atoms with Crippen molar-refractivity contribution in [3.8, 4) is 0 Å². The molecule has 0 heterocycles. The number of rotatable bonds is 5. The molecule has 0 aliphatic carbocycles. The number of nitrogens with one attached hydrogen (secondary N) is 2. The van der Waals surface area contributed by atoms with E-state index in [-0.39, 0.29) is 21.8 Å².